The number of nitrogens with zero attached hydrogens (tertiary/aromatic N) is 2. The van der Waals surface area contributed by atoms with Crippen LogP contribution in [-0.4, -0.2) is 40.5 Å². The molecule has 5 nitrogen and oxygen atoms in total. The van der Waals surface area contributed by atoms with Gasteiger partial charge in [0, 0.05) is 24.5 Å². The Morgan fingerprint density at radius 3 is 2.62 bits per heavy atom. The molecule has 0 aliphatic rings. The molecule has 152 valence electrons. The summed E-state index contributed by atoms with van der Waals surface area (Å²) in [5.41, 5.74) is 2.02. The monoisotopic (exact) mass is 447 g/mol. The van der Waals surface area contributed by atoms with E-state index in [-0.39, 0.29) is 11.8 Å². The first-order valence-electron chi connectivity index (χ1n) is 9.32. The minimum atomic E-state index is -0.116. The Balaban J connectivity index is 1.53. The number of hydrogen-bond donors (Lipinski definition) is 1. The lowest BCUT2D eigenvalue weighted by molar-refractivity contribution is -0.113. The minimum Gasteiger partial charge on any atom is -0.339 e. The van der Waals surface area contributed by atoms with Gasteiger partial charge in [-0.1, -0.05) is 23.7 Å². The van der Waals surface area contributed by atoms with Gasteiger partial charge in [-0.25, -0.2) is 4.98 Å². The van der Waals surface area contributed by atoms with Gasteiger partial charge in [-0.3, -0.25) is 9.59 Å². The number of rotatable bonds is 8. The summed E-state index contributed by atoms with van der Waals surface area (Å²) in [7, 11) is 0. The number of hydrogen-bond acceptors (Lipinski definition) is 5. The summed E-state index contributed by atoms with van der Waals surface area (Å²) in [6.07, 6.45) is 0. The minimum absolute atomic E-state index is 0.107. The summed E-state index contributed by atoms with van der Waals surface area (Å²) in [6.45, 7) is 5.10. The Morgan fingerprint density at radius 2 is 1.93 bits per heavy atom. The normalized spacial score (nSPS) is 10.9. The molecule has 2 amide bonds. The highest BCUT2D eigenvalue weighted by atomic mass is 35.5. The molecule has 0 saturated carbocycles. The van der Waals surface area contributed by atoms with E-state index in [2.05, 4.69) is 10.3 Å². The standard InChI is InChI=1S/C21H22ClN3O2S2/c1-3-25(4-2)21(27)15-10-9-14(11-16(15)22)23-19(26)12-28-13-20-24-17-7-5-6-8-18(17)29-20/h5-11H,3-4,12-13H2,1-2H3,(H,23,26). The molecule has 0 aliphatic heterocycles. The second-order valence-electron chi connectivity index (χ2n) is 6.29. The van der Waals surface area contributed by atoms with E-state index in [4.69, 9.17) is 11.6 Å². The van der Waals surface area contributed by atoms with Crippen LogP contribution in [0.5, 0.6) is 0 Å². The second-order valence-corrected chi connectivity index (χ2v) is 8.80. The lowest BCUT2D eigenvalue weighted by atomic mass is 10.1. The van der Waals surface area contributed by atoms with Crippen molar-refractivity contribution in [2.24, 2.45) is 0 Å². The van der Waals surface area contributed by atoms with Crippen LogP contribution in [0, 0.1) is 0 Å². The molecule has 0 saturated heterocycles. The zero-order chi connectivity index (χ0) is 20.8. The molecule has 2 aromatic carbocycles. The number of benzene rings is 2. The highest BCUT2D eigenvalue weighted by Crippen LogP contribution is 2.25. The fourth-order valence-electron chi connectivity index (χ4n) is 2.86. The zero-order valence-corrected chi connectivity index (χ0v) is 18.7. The van der Waals surface area contributed by atoms with Crippen molar-refractivity contribution in [1.82, 2.24) is 9.88 Å². The molecular weight excluding hydrogens is 426 g/mol. The SMILES string of the molecule is CCN(CC)C(=O)c1ccc(NC(=O)CSCc2nc3ccccc3s2)cc1Cl. The second kappa shape index (κ2) is 10.1. The topological polar surface area (TPSA) is 62.3 Å². The Labute approximate surface area is 183 Å². The van der Waals surface area contributed by atoms with Crippen LogP contribution in [0.4, 0.5) is 5.69 Å². The van der Waals surface area contributed by atoms with Crippen LogP contribution < -0.4 is 5.32 Å². The lowest BCUT2D eigenvalue weighted by Crippen LogP contribution is -2.30. The lowest BCUT2D eigenvalue weighted by Gasteiger charge is -2.19. The molecule has 1 heterocycles. The Bertz CT molecular complexity index is 985. The third-order valence-electron chi connectivity index (χ3n) is 4.33. The number of carbonyl (C=O) groups excluding carboxylic acids is 2. The summed E-state index contributed by atoms with van der Waals surface area (Å²) in [4.78, 5) is 31.0. The van der Waals surface area contributed by atoms with Crippen LogP contribution in [0.15, 0.2) is 42.5 Å². The van der Waals surface area contributed by atoms with Crippen LogP contribution in [0.25, 0.3) is 10.2 Å². The van der Waals surface area contributed by atoms with Crippen LogP contribution in [-0.2, 0) is 10.5 Å². The number of fused-ring (bicyclic) bond motifs is 1. The van der Waals surface area contributed by atoms with E-state index in [1.807, 2.05) is 38.1 Å². The average molecular weight is 448 g/mol. The first kappa shape index (κ1) is 21.6. The summed E-state index contributed by atoms with van der Waals surface area (Å²) >= 11 is 9.44. The first-order valence-corrected chi connectivity index (χ1v) is 11.7. The molecule has 3 rings (SSSR count). The number of para-hydroxylation sites is 1. The summed E-state index contributed by atoms with van der Waals surface area (Å²) in [6, 6.07) is 13.0. The number of anilines is 1. The van der Waals surface area contributed by atoms with E-state index in [0.717, 1.165) is 15.2 Å². The van der Waals surface area contributed by atoms with Crippen molar-refractivity contribution in [1.29, 1.82) is 0 Å². The molecule has 0 radical (unpaired) electrons. The zero-order valence-electron chi connectivity index (χ0n) is 16.3. The van der Waals surface area contributed by atoms with E-state index in [0.29, 0.717) is 40.9 Å². The molecular formula is C21H22ClN3O2S2. The van der Waals surface area contributed by atoms with Gasteiger partial charge in [0.25, 0.3) is 5.91 Å². The fraction of sp³-hybridized carbons (Fsp3) is 0.286. The van der Waals surface area contributed by atoms with Crippen molar-refractivity contribution >= 4 is 62.4 Å². The molecule has 0 bridgehead atoms. The third kappa shape index (κ3) is 5.50. The van der Waals surface area contributed by atoms with Crippen LogP contribution >= 0.6 is 34.7 Å². The van der Waals surface area contributed by atoms with Crippen molar-refractivity contribution in [3.8, 4) is 0 Å². The Hall–Kier alpha value is -2.09. The maximum absolute atomic E-state index is 12.4. The number of halogens is 1. The van der Waals surface area contributed by atoms with Crippen molar-refractivity contribution < 1.29 is 9.59 Å². The van der Waals surface area contributed by atoms with Gasteiger partial charge in [0.05, 0.1) is 26.6 Å². The molecule has 0 spiro atoms. The average Bonchev–Trinajstić information content (AvgIpc) is 3.11. The Kier molecular flexibility index (Phi) is 7.52. The highest BCUT2D eigenvalue weighted by molar-refractivity contribution is 7.99. The Morgan fingerprint density at radius 1 is 1.17 bits per heavy atom. The number of thiazole rings is 1. The highest BCUT2D eigenvalue weighted by Gasteiger charge is 2.16. The molecule has 8 heteroatoms. The first-order chi connectivity index (χ1) is 14.0. The molecule has 1 N–H and O–H groups in total. The van der Waals surface area contributed by atoms with Gasteiger partial charge < -0.3 is 10.2 Å². The molecule has 1 aromatic heterocycles. The van der Waals surface area contributed by atoms with Gasteiger partial charge in [-0.2, -0.15) is 0 Å². The molecule has 29 heavy (non-hydrogen) atoms. The number of carbonyl (C=O) groups is 2. The summed E-state index contributed by atoms with van der Waals surface area (Å²) < 4.78 is 1.15. The number of thioether (sulfide) groups is 1. The third-order valence-corrected chi connectivity index (χ3v) is 6.81. The summed E-state index contributed by atoms with van der Waals surface area (Å²) in [5, 5.41) is 4.17. The van der Waals surface area contributed by atoms with Crippen molar-refractivity contribution in [3.05, 3.63) is 58.1 Å². The quantitative estimate of drug-likeness (QED) is 0.508. The van der Waals surface area contributed by atoms with Gasteiger partial charge in [-0.15, -0.1) is 23.1 Å². The van der Waals surface area contributed by atoms with Gasteiger partial charge in [0.15, 0.2) is 0 Å². The maximum atomic E-state index is 12.4. The van der Waals surface area contributed by atoms with Crippen molar-refractivity contribution in [3.63, 3.8) is 0 Å². The predicted molar refractivity (Wildman–Crippen MR) is 123 cm³/mol. The van der Waals surface area contributed by atoms with Crippen LogP contribution in [0.3, 0.4) is 0 Å². The molecule has 0 aliphatic carbocycles. The van der Waals surface area contributed by atoms with Gasteiger partial charge in [0.1, 0.15) is 5.01 Å². The number of nitrogens with one attached hydrogen (secondary N) is 1. The largest absolute Gasteiger partial charge is 0.339 e. The van der Waals surface area contributed by atoms with E-state index in [1.165, 1.54) is 11.8 Å². The smallest absolute Gasteiger partial charge is 0.255 e. The van der Waals surface area contributed by atoms with Gasteiger partial charge >= 0.3 is 0 Å². The van der Waals surface area contributed by atoms with E-state index >= 15 is 0 Å². The van der Waals surface area contributed by atoms with E-state index in [1.54, 1.807) is 34.4 Å². The van der Waals surface area contributed by atoms with E-state index in [9.17, 15) is 9.59 Å². The summed E-state index contributed by atoms with van der Waals surface area (Å²) in [5.74, 6) is 0.776. The molecule has 0 unspecified atom stereocenters. The predicted octanol–water partition coefficient (Wildman–Crippen LogP) is 5.30. The van der Waals surface area contributed by atoms with Crippen molar-refractivity contribution in [2.45, 2.75) is 19.6 Å². The van der Waals surface area contributed by atoms with Crippen molar-refractivity contribution in [2.75, 3.05) is 24.2 Å². The maximum Gasteiger partial charge on any atom is 0.255 e. The fourth-order valence-corrected chi connectivity index (χ4v) is 4.97. The van der Waals surface area contributed by atoms with Crippen LogP contribution in [0.2, 0.25) is 5.02 Å². The van der Waals surface area contributed by atoms with Gasteiger partial charge in [0.2, 0.25) is 5.91 Å². The molecule has 0 atom stereocenters. The number of aromatic nitrogens is 1. The van der Waals surface area contributed by atoms with Crippen LogP contribution in [0.1, 0.15) is 29.2 Å². The molecule has 3 aromatic rings. The van der Waals surface area contributed by atoms with E-state index < -0.39 is 0 Å². The molecule has 0 fully saturated rings. The number of amides is 2. The van der Waals surface area contributed by atoms with Gasteiger partial charge in [-0.05, 0) is 44.2 Å².